The molecule has 3 N–H and O–H groups in total. The van der Waals surface area contributed by atoms with Gasteiger partial charge in [0.2, 0.25) is 0 Å². The normalized spacial score (nSPS) is 21.2. The van der Waals surface area contributed by atoms with Gasteiger partial charge in [0.05, 0.1) is 17.2 Å². The molecule has 1 aromatic carbocycles. The molecule has 1 aromatic heterocycles. The molecule has 33 heavy (non-hydrogen) atoms. The third-order valence-corrected chi connectivity index (χ3v) is 8.33. The quantitative estimate of drug-likeness (QED) is 0.316. The number of aliphatic hydroxyl groups excluding tert-OH is 1. The van der Waals surface area contributed by atoms with E-state index < -0.39 is 26.1 Å². The van der Waals surface area contributed by atoms with E-state index in [0.717, 1.165) is 12.7 Å². The minimum atomic E-state index is -3.87. The summed E-state index contributed by atoms with van der Waals surface area (Å²) in [6.45, 7) is 3.20. The predicted molar refractivity (Wildman–Crippen MR) is 122 cm³/mol. The van der Waals surface area contributed by atoms with E-state index >= 15 is 0 Å². The lowest BCUT2D eigenvalue weighted by Crippen LogP contribution is -2.50. The molecule has 0 saturated heterocycles. The average molecular weight is 472 g/mol. The number of amides is 1. The van der Waals surface area contributed by atoms with E-state index in [0.29, 0.717) is 16.5 Å². The van der Waals surface area contributed by atoms with Gasteiger partial charge in [-0.05, 0) is 62.6 Å². The molecule has 10 heteroatoms. The Morgan fingerprint density at radius 2 is 2.12 bits per heavy atom. The number of hydrogen-bond acceptors (Lipinski definition) is 7. The molecule has 1 amide bonds. The summed E-state index contributed by atoms with van der Waals surface area (Å²) in [4.78, 5) is 29.0. The van der Waals surface area contributed by atoms with E-state index in [1.54, 1.807) is 18.2 Å². The van der Waals surface area contributed by atoms with Crippen molar-refractivity contribution < 1.29 is 23.5 Å². The SMILES string of the molecule is C[C@@]1(C#CC#Cc2ccc3c(=O)n(CC[C@](C)(C(=O)NO)S(C)(=O)=O)cnc3c2)C[C@H]1CO. The fourth-order valence-electron chi connectivity index (χ4n) is 3.46. The van der Waals surface area contributed by atoms with Crippen LogP contribution >= 0.6 is 0 Å². The van der Waals surface area contributed by atoms with Crippen molar-refractivity contribution in [3.63, 3.8) is 0 Å². The maximum Gasteiger partial charge on any atom is 0.264 e. The number of rotatable bonds is 6. The number of sulfone groups is 1. The van der Waals surface area contributed by atoms with Crippen molar-refractivity contribution in [1.29, 1.82) is 0 Å². The number of fused-ring (bicyclic) bond motifs is 1. The van der Waals surface area contributed by atoms with Crippen molar-refractivity contribution in [2.45, 2.75) is 38.0 Å². The zero-order chi connectivity index (χ0) is 24.4. The first kappa shape index (κ1) is 24.5. The first-order valence-electron chi connectivity index (χ1n) is 10.2. The number of nitrogens with one attached hydrogen (secondary N) is 1. The van der Waals surface area contributed by atoms with Crippen LogP contribution in [0.1, 0.15) is 32.3 Å². The van der Waals surface area contributed by atoms with E-state index in [-0.39, 0.29) is 30.9 Å². The van der Waals surface area contributed by atoms with Crippen LogP contribution in [0.2, 0.25) is 0 Å². The Morgan fingerprint density at radius 1 is 1.39 bits per heavy atom. The zero-order valence-corrected chi connectivity index (χ0v) is 19.4. The van der Waals surface area contributed by atoms with Crippen molar-refractivity contribution in [2.24, 2.45) is 11.3 Å². The van der Waals surface area contributed by atoms with Crippen LogP contribution in [0.25, 0.3) is 10.9 Å². The number of benzene rings is 1. The number of aryl methyl sites for hydroxylation is 1. The van der Waals surface area contributed by atoms with Crippen LogP contribution in [0, 0.1) is 35.0 Å². The van der Waals surface area contributed by atoms with Crippen molar-refractivity contribution in [1.82, 2.24) is 15.0 Å². The number of carbonyl (C=O) groups is 1. The monoisotopic (exact) mass is 471 g/mol. The molecule has 0 radical (unpaired) electrons. The minimum Gasteiger partial charge on any atom is -0.396 e. The lowest BCUT2D eigenvalue weighted by atomic mass is 10.1. The second-order valence-corrected chi connectivity index (χ2v) is 11.1. The highest BCUT2D eigenvalue weighted by atomic mass is 32.2. The molecule has 1 aliphatic rings. The van der Waals surface area contributed by atoms with Crippen LogP contribution in [-0.4, -0.2) is 51.8 Å². The Bertz CT molecular complexity index is 1390. The number of aliphatic hydroxyl groups is 1. The van der Waals surface area contributed by atoms with Gasteiger partial charge in [-0.1, -0.05) is 11.8 Å². The largest absolute Gasteiger partial charge is 0.396 e. The molecule has 1 aliphatic carbocycles. The van der Waals surface area contributed by atoms with Gasteiger partial charge in [-0.15, -0.1) is 0 Å². The summed E-state index contributed by atoms with van der Waals surface area (Å²) in [7, 11) is -3.87. The zero-order valence-electron chi connectivity index (χ0n) is 18.5. The van der Waals surface area contributed by atoms with E-state index in [2.05, 4.69) is 28.7 Å². The van der Waals surface area contributed by atoms with Crippen LogP contribution in [0.5, 0.6) is 0 Å². The van der Waals surface area contributed by atoms with Gasteiger partial charge in [-0.3, -0.25) is 19.4 Å². The van der Waals surface area contributed by atoms with Gasteiger partial charge in [0.1, 0.15) is 0 Å². The molecule has 1 saturated carbocycles. The molecule has 0 aliphatic heterocycles. The summed E-state index contributed by atoms with van der Waals surface area (Å²) >= 11 is 0. The fraction of sp³-hybridized carbons (Fsp3) is 0.435. The molecule has 0 unspecified atom stereocenters. The standard InChI is InChI=1S/C23H25N3O6S/c1-22(13-17(22)14-27)9-5-4-6-16-7-8-18-19(12-16)24-15-26(20(18)28)11-10-23(2,21(29)25-30)33(3,31)32/h7-8,12,15,17,27,30H,10-11,13-14H2,1-3H3,(H,25,29)/t17-,22+,23+/m0/s1. The smallest absolute Gasteiger partial charge is 0.264 e. The van der Waals surface area contributed by atoms with Gasteiger partial charge < -0.3 is 5.11 Å². The third kappa shape index (κ3) is 4.93. The summed E-state index contributed by atoms with van der Waals surface area (Å²) in [5.41, 5.74) is 1.86. The van der Waals surface area contributed by atoms with Crippen LogP contribution in [0.15, 0.2) is 29.3 Å². The highest BCUT2D eigenvalue weighted by Gasteiger charge is 2.48. The van der Waals surface area contributed by atoms with Gasteiger partial charge in [-0.25, -0.2) is 18.9 Å². The first-order chi connectivity index (χ1) is 15.4. The number of hydroxylamine groups is 1. The lowest BCUT2D eigenvalue weighted by molar-refractivity contribution is -0.131. The molecule has 0 spiro atoms. The van der Waals surface area contributed by atoms with Gasteiger partial charge in [0.15, 0.2) is 14.6 Å². The van der Waals surface area contributed by atoms with Crippen LogP contribution in [-0.2, 0) is 21.2 Å². The molecule has 1 fully saturated rings. The fourth-order valence-corrected chi connectivity index (χ4v) is 4.31. The van der Waals surface area contributed by atoms with Gasteiger partial charge in [0, 0.05) is 30.4 Å². The predicted octanol–water partition coefficient (Wildman–Crippen LogP) is 0.469. The summed E-state index contributed by atoms with van der Waals surface area (Å²) in [6.07, 6.45) is 2.80. The van der Waals surface area contributed by atoms with Crippen LogP contribution in [0.4, 0.5) is 0 Å². The van der Waals surface area contributed by atoms with Crippen LogP contribution < -0.4 is 11.0 Å². The topological polar surface area (TPSA) is 139 Å². The molecule has 3 rings (SSSR count). The van der Waals surface area contributed by atoms with Gasteiger partial charge in [0.25, 0.3) is 11.5 Å². The van der Waals surface area contributed by atoms with Crippen molar-refractivity contribution in [2.75, 3.05) is 12.9 Å². The Kier molecular flexibility index (Phi) is 6.66. The molecule has 174 valence electrons. The highest BCUT2D eigenvalue weighted by molar-refractivity contribution is 7.92. The van der Waals surface area contributed by atoms with Crippen LogP contribution in [0.3, 0.4) is 0 Å². The second-order valence-electron chi connectivity index (χ2n) is 8.67. The maximum absolute atomic E-state index is 12.8. The Balaban J connectivity index is 1.81. The molecular weight excluding hydrogens is 446 g/mol. The average Bonchev–Trinajstić information content (AvgIpc) is 3.44. The Morgan fingerprint density at radius 3 is 2.73 bits per heavy atom. The van der Waals surface area contributed by atoms with E-state index in [1.165, 1.54) is 23.3 Å². The Hall–Kier alpha value is -3.18. The lowest BCUT2D eigenvalue weighted by Gasteiger charge is -2.25. The second kappa shape index (κ2) is 8.99. The van der Waals surface area contributed by atoms with Crippen molar-refractivity contribution in [3.05, 3.63) is 40.4 Å². The van der Waals surface area contributed by atoms with Gasteiger partial charge in [-0.2, -0.15) is 0 Å². The van der Waals surface area contributed by atoms with Crippen molar-refractivity contribution in [3.8, 4) is 23.7 Å². The molecule has 2 aromatic rings. The van der Waals surface area contributed by atoms with E-state index in [4.69, 9.17) is 5.21 Å². The summed E-state index contributed by atoms with van der Waals surface area (Å²) < 4.78 is 23.5. The highest BCUT2D eigenvalue weighted by Crippen LogP contribution is 2.51. The molecule has 9 nitrogen and oxygen atoms in total. The van der Waals surface area contributed by atoms with Gasteiger partial charge >= 0.3 is 0 Å². The number of nitrogens with zero attached hydrogens (tertiary/aromatic N) is 2. The summed E-state index contributed by atoms with van der Waals surface area (Å²) in [5, 5.41) is 18.4. The van der Waals surface area contributed by atoms with E-state index in [1.807, 2.05) is 6.92 Å². The number of hydrogen-bond donors (Lipinski definition) is 3. The Labute approximate surface area is 191 Å². The third-order valence-electron chi connectivity index (χ3n) is 6.30. The molecule has 3 atom stereocenters. The molecular formula is C23H25N3O6S. The van der Waals surface area contributed by atoms with Crippen molar-refractivity contribution >= 4 is 26.6 Å². The van der Waals surface area contributed by atoms with E-state index in [9.17, 15) is 23.1 Å². The summed E-state index contributed by atoms with van der Waals surface area (Å²) in [5.74, 6) is 10.7. The number of carbonyl (C=O) groups excluding carboxylic acids is 1. The molecule has 1 heterocycles. The molecule has 0 bridgehead atoms. The summed E-state index contributed by atoms with van der Waals surface area (Å²) in [6, 6.07) is 4.91. The first-order valence-corrected chi connectivity index (χ1v) is 12.1. The minimum absolute atomic E-state index is 0.0937. The maximum atomic E-state index is 12.8. The number of aromatic nitrogens is 2.